The molecule has 0 atom stereocenters. The second-order valence-corrected chi connectivity index (χ2v) is 6.68. The molecule has 0 heterocycles. The number of hydrogen-bond acceptors (Lipinski definition) is 5. The Balaban J connectivity index is 0.00000484. The molecule has 0 aliphatic carbocycles. The zero-order chi connectivity index (χ0) is 16.3. The van der Waals surface area contributed by atoms with Crippen LogP contribution in [0.4, 0.5) is 0 Å². The first-order valence-corrected chi connectivity index (χ1v) is 9.16. The fraction of sp³-hybridized carbons (Fsp3) is 0.562. The van der Waals surface area contributed by atoms with E-state index in [1.165, 1.54) is 37.8 Å². The molecule has 0 aliphatic rings. The molecule has 5 nitrogen and oxygen atoms in total. The summed E-state index contributed by atoms with van der Waals surface area (Å²) in [6, 6.07) is 7.57. The summed E-state index contributed by atoms with van der Waals surface area (Å²) in [7, 11) is -4.04. The van der Waals surface area contributed by atoms with Crippen LogP contribution in [0.2, 0.25) is 0 Å². The van der Waals surface area contributed by atoms with Crippen molar-refractivity contribution in [2.75, 3.05) is 0 Å². The van der Waals surface area contributed by atoms with E-state index in [1.807, 2.05) is 0 Å². The molecule has 1 aromatic rings. The van der Waals surface area contributed by atoms with Crippen molar-refractivity contribution in [2.24, 2.45) is 0 Å². The molecule has 125 valence electrons. The quantitative estimate of drug-likeness (QED) is 0.264. The van der Waals surface area contributed by atoms with E-state index in [-0.39, 0.29) is 40.9 Å². The Bertz CT molecular complexity index is 531. The molecule has 0 bridgehead atoms. The minimum atomic E-state index is -4.04. The molecule has 1 aromatic carbocycles. The monoisotopic (exact) mass is 351 g/mol. The fourth-order valence-electron chi connectivity index (χ4n) is 1.98. The SMILES string of the molecule is CCCCCCCCCC(=O)OOS(=O)(=O)c1ccccc1.[Na]. The number of rotatable bonds is 11. The average Bonchev–Trinajstić information content (AvgIpc) is 2.53. The van der Waals surface area contributed by atoms with Gasteiger partial charge in [0.2, 0.25) is 0 Å². The maximum absolute atomic E-state index is 11.7. The fourth-order valence-corrected chi connectivity index (χ4v) is 2.71. The summed E-state index contributed by atoms with van der Waals surface area (Å²) in [5.41, 5.74) is 0. The molecule has 7 heteroatoms. The van der Waals surface area contributed by atoms with Gasteiger partial charge in [-0.2, -0.15) is 8.42 Å². The molecule has 1 radical (unpaired) electrons. The molecule has 23 heavy (non-hydrogen) atoms. The predicted molar refractivity (Wildman–Crippen MR) is 89.2 cm³/mol. The Morgan fingerprint density at radius 3 is 2.13 bits per heavy atom. The van der Waals surface area contributed by atoms with Crippen molar-refractivity contribution in [3.8, 4) is 0 Å². The molecule has 0 aromatic heterocycles. The summed E-state index contributed by atoms with van der Waals surface area (Å²) in [6.07, 6.45) is 7.70. The summed E-state index contributed by atoms with van der Waals surface area (Å²) in [6.45, 7) is 2.17. The number of carbonyl (C=O) groups excluding carboxylic acids is 1. The van der Waals surface area contributed by atoms with Crippen LogP contribution in [-0.2, 0) is 24.1 Å². The van der Waals surface area contributed by atoms with E-state index in [4.69, 9.17) is 0 Å². The standard InChI is InChI=1S/C16H24O5S.Na/c1-2-3-4-5-6-7-11-14-16(17)20-21-22(18,19)15-12-9-8-10-13-15;/h8-10,12-13H,2-7,11,14H2,1H3;. The molecule has 0 fully saturated rings. The smallest absolute Gasteiger partial charge is 0.281 e. The van der Waals surface area contributed by atoms with Gasteiger partial charge in [-0.15, -0.1) is 0 Å². The summed E-state index contributed by atoms with van der Waals surface area (Å²) in [5.74, 6) is -0.659. The predicted octanol–water partition coefficient (Wildman–Crippen LogP) is 3.61. The van der Waals surface area contributed by atoms with Gasteiger partial charge in [0.15, 0.2) is 0 Å². The second kappa shape index (κ2) is 13.0. The number of hydrogen-bond donors (Lipinski definition) is 0. The molecule has 0 aliphatic heterocycles. The van der Waals surface area contributed by atoms with Gasteiger partial charge in [0.05, 0.1) is 4.90 Å². The summed E-state index contributed by atoms with van der Waals surface area (Å²) >= 11 is 0. The average molecular weight is 351 g/mol. The van der Waals surface area contributed by atoms with Crippen LogP contribution in [0, 0.1) is 0 Å². The molecular weight excluding hydrogens is 327 g/mol. The van der Waals surface area contributed by atoms with Crippen molar-refractivity contribution >= 4 is 45.6 Å². The van der Waals surface area contributed by atoms with E-state index < -0.39 is 16.1 Å². The van der Waals surface area contributed by atoms with Gasteiger partial charge in [0.25, 0.3) is 0 Å². The van der Waals surface area contributed by atoms with Gasteiger partial charge in [-0.25, -0.2) is 4.79 Å². The Morgan fingerprint density at radius 2 is 1.52 bits per heavy atom. The molecule has 0 spiro atoms. The zero-order valence-electron chi connectivity index (χ0n) is 14.0. The van der Waals surface area contributed by atoms with Gasteiger partial charge in [-0.05, 0) is 22.9 Å². The van der Waals surface area contributed by atoms with Gasteiger partial charge in [0.1, 0.15) is 0 Å². The van der Waals surface area contributed by atoms with Crippen molar-refractivity contribution in [1.82, 2.24) is 0 Å². The van der Waals surface area contributed by atoms with Crippen LogP contribution in [0.3, 0.4) is 0 Å². The van der Waals surface area contributed by atoms with Crippen molar-refractivity contribution in [2.45, 2.75) is 63.2 Å². The zero-order valence-corrected chi connectivity index (χ0v) is 16.8. The first-order chi connectivity index (χ1) is 10.6. The Kier molecular flexibility index (Phi) is 12.7. The van der Waals surface area contributed by atoms with E-state index in [2.05, 4.69) is 16.1 Å². The molecule has 0 unspecified atom stereocenters. The summed E-state index contributed by atoms with van der Waals surface area (Å²) in [5, 5.41) is 0. The molecule has 0 saturated heterocycles. The normalized spacial score (nSPS) is 10.8. The Morgan fingerprint density at radius 1 is 0.957 bits per heavy atom. The van der Waals surface area contributed by atoms with Crippen molar-refractivity contribution in [3.63, 3.8) is 0 Å². The van der Waals surface area contributed by atoms with Crippen LogP contribution in [0.15, 0.2) is 35.2 Å². The number of benzene rings is 1. The topological polar surface area (TPSA) is 69.7 Å². The third-order valence-electron chi connectivity index (χ3n) is 3.23. The van der Waals surface area contributed by atoms with Crippen molar-refractivity contribution in [3.05, 3.63) is 30.3 Å². The molecule has 1 rings (SSSR count). The largest absolute Gasteiger partial charge is 0.343 e. The number of carbonyl (C=O) groups is 1. The van der Waals surface area contributed by atoms with E-state index >= 15 is 0 Å². The summed E-state index contributed by atoms with van der Waals surface area (Å²) < 4.78 is 27.7. The second-order valence-electron chi connectivity index (χ2n) is 5.16. The Labute approximate surface area is 161 Å². The first-order valence-electron chi connectivity index (χ1n) is 7.75. The minimum absolute atomic E-state index is 0. The molecular formula is C16H24NaO5S. The van der Waals surface area contributed by atoms with Crippen LogP contribution in [0.5, 0.6) is 0 Å². The third-order valence-corrected chi connectivity index (χ3v) is 4.33. The van der Waals surface area contributed by atoms with Crippen LogP contribution in [0.25, 0.3) is 0 Å². The third kappa shape index (κ3) is 10.1. The first kappa shape index (κ1) is 22.6. The van der Waals surface area contributed by atoms with E-state index in [0.29, 0.717) is 6.42 Å². The van der Waals surface area contributed by atoms with Crippen molar-refractivity contribution in [1.29, 1.82) is 0 Å². The van der Waals surface area contributed by atoms with E-state index in [0.717, 1.165) is 12.8 Å². The van der Waals surface area contributed by atoms with Crippen LogP contribution in [-0.4, -0.2) is 43.9 Å². The molecule has 0 saturated carbocycles. The van der Waals surface area contributed by atoms with Crippen LogP contribution in [0.1, 0.15) is 58.3 Å². The van der Waals surface area contributed by atoms with Crippen LogP contribution < -0.4 is 0 Å². The van der Waals surface area contributed by atoms with Gasteiger partial charge in [0, 0.05) is 36.0 Å². The summed E-state index contributed by atoms with van der Waals surface area (Å²) in [4.78, 5) is 15.8. The minimum Gasteiger partial charge on any atom is -0.281 e. The van der Waals surface area contributed by atoms with Crippen molar-refractivity contribution < 1.29 is 22.4 Å². The molecule has 0 N–H and O–H groups in total. The Hall–Kier alpha value is -0.400. The maximum atomic E-state index is 11.7. The van der Waals surface area contributed by atoms with E-state index in [1.54, 1.807) is 18.2 Å². The maximum Gasteiger partial charge on any atom is 0.343 e. The van der Waals surface area contributed by atoms with Gasteiger partial charge < -0.3 is 0 Å². The van der Waals surface area contributed by atoms with Crippen LogP contribution >= 0.6 is 0 Å². The van der Waals surface area contributed by atoms with Gasteiger partial charge in [-0.1, -0.05) is 63.6 Å². The van der Waals surface area contributed by atoms with Gasteiger partial charge >= 0.3 is 16.1 Å². The van der Waals surface area contributed by atoms with Gasteiger partial charge in [-0.3, -0.25) is 4.89 Å². The van der Waals surface area contributed by atoms with E-state index in [9.17, 15) is 13.2 Å². The molecule has 0 amide bonds. The number of unbranched alkanes of at least 4 members (excludes halogenated alkanes) is 6.